The van der Waals surface area contributed by atoms with Gasteiger partial charge in [-0.2, -0.15) is 0 Å². The SMILES string of the molecule is CC(C)c1ccccc1NC(=O)CNC(=O)COc1ccc(Cl)cc1Cl. The third-order valence-electron chi connectivity index (χ3n) is 3.56. The summed E-state index contributed by atoms with van der Waals surface area (Å²) in [7, 11) is 0. The van der Waals surface area contributed by atoms with Crippen molar-refractivity contribution in [3.63, 3.8) is 0 Å². The molecule has 0 atom stereocenters. The minimum absolute atomic E-state index is 0.150. The fourth-order valence-corrected chi connectivity index (χ4v) is 2.74. The van der Waals surface area contributed by atoms with Crippen LogP contribution in [0.1, 0.15) is 25.3 Å². The van der Waals surface area contributed by atoms with Gasteiger partial charge in [0.05, 0.1) is 11.6 Å². The molecule has 0 fully saturated rings. The summed E-state index contributed by atoms with van der Waals surface area (Å²) in [6.45, 7) is 3.69. The van der Waals surface area contributed by atoms with Crippen LogP contribution >= 0.6 is 23.2 Å². The number of rotatable bonds is 7. The van der Waals surface area contributed by atoms with E-state index in [9.17, 15) is 9.59 Å². The Hall–Kier alpha value is -2.24. The summed E-state index contributed by atoms with van der Waals surface area (Å²) in [4.78, 5) is 23.9. The van der Waals surface area contributed by atoms with E-state index in [1.54, 1.807) is 12.1 Å². The van der Waals surface area contributed by atoms with E-state index >= 15 is 0 Å². The highest BCUT2D eigenvalue weighted by Crippen LogP contribution is 2.27. The Morgan fingerprint density at radius 2 is 1.81 bits per heavy atom. The monoisotopic (exact) mass is 394 g/mol. The van der Waals surface area contributed by atoms with E-state index in [1.165, 1.54) is 6.07 Å². The lowest BCUT2D eigenvalue weighted by Crippen LogP contribution is -2.36. The van der Waals surface area contributed by atoms with Crippen LogP contribution < -0.4 is 15.4 Å². The number of benzene rings is 2. The minimum Gasteiger partial charge on any atom is -0.482 e. The number of anilines is 1. The maximum absolute atomic E-state index is 12.1. The number of para-hydroxylation sites is 1. The molecule has 2 amide bonds. The normalized spacial score (nSPS) is 10.5. The zero-order valence-electron chi connectivity index (χ0n) is 14.5. The summed E-state index contributed by atoms with van der Waals surface area (Å²) >= 11 is 11.8. The Kier molecular flexibility index (Phi) is 7.30. The molecule has 0 saturated carbocycles. The summed E-state index contributed by atoms with van der Waals surface area (Å²) < 4.78 is 5.32. The third-order valence-corrected chi connectivity index (χ3v) is 4.09. The Labute approximate surface area is 162 Å². The van der Waals surface area contributed by atoms with Gasteiger partial charge in [0.1, 0.15) is 5.75 Å². The van der Waals surface area contributed by atoms with Crippen LogP contribution in [0.15, 0.2) is 42.5 Å². The van der Waals surface area contributed by atoms with Crippen LogP contribution in [0.5, 0.6) is 5.75 Å². The predicted molar refractivity (Wildman–Crippen MR) is 104 cm³/mol. The van der Waals surface area contributed by atoms with Gasteiger partial charge >= 0.3 is 0 Å². The van der Waals surface area contributed by atoms with Crippen molar-refractivity contribution >= 4 is 40.7 Å². The van der Waals surface area contributed by atoms with E-state index in [0.717, 1.165) is 11.3 Å². The van der Waals surface area contributed by atoms with Gasteiger partial charge in [-0.15, -0.1) is 0 Å². The van der Waals surface area contributed by atoms with Gasteiger partial charge in [-0.25, -0.2) is 0 Å². The van der Waals surface area contributed by atoms with Gasteiger partial charge in [-0.1, -0.05) is 55.2 Å². The van der Waals surface area contributed by atoms with E-state index in [-0.39, 0.29) is 25.0 Å². The molecule has 5 nitrogen and oxygen atoms in total. The molecule has 2 aromatic rings. The Morgan fingerprint density at radius 3 is 2.50 bits per heavy atom. The standard InChI is InChI=1S/C19H20Cl2N2O3/c1-12(2)14-5-3-4-6-16(14)23-18(24)10-22-19(25)11-26-17-8-7-13(20)9-15(17)21/h3-9,12H,10-11H2,1-2H3,(H,22,25)(H,23,24). The fourth-order valence-electron chi connectivity index (χ4n) is 2.27. The van der Waals surface area contributed by atoms with Crippen LogP contribution in [0.2, 0.25) is 10.0 Å². The number of amides is 2. The molecule has 0 aliphatic rings. The number of carbonyl (C=O) groups is 2. The first kappa shape index (κ1) is 20.1. The third kappa shape index (κ3) is 5.93. The van der Waals surface area contributed by atoms with Crippen molar-refractivity contribution in [3.8, 4) is 5.75 Å². The first-order valence-electron chi connectivity index (χ1n) is 8.10. The molecular formula is C19H20Cl2N2O3. The Balaban J connectivity index is 1.81. The molecule has 0 bridgehead atoms. The van der Waals surface area contributed by atoms with Crippen LogP contribution in [0, 0.1) is 0 Å². The molecule has 2 N–H and O–H groups in total. The molecule has 2 rings (SSSR count). The summed E-state index contributed by atoms with van der Waals surface area (Å²) in [5, 5.41) is 6.10. The fraction of sp³-hybridized carbons (Fsp3) is 0.263. The van der Waals surface area contributed by atoms with Crippen molar-refractivity contribution in [2.75, 3.05) is 18.5 Å². The highest BCUT2D eigenvalue weighted by Gasteiger charge is 2.11. The van der Waals surface area contributed by atoms with Crippen molar-refractivity contribution < 1.29 is 14.3 Å². The van der Waals surface area contributed by atoms with Crippen LogP contribution in [0.4, 0.5) is 5.69 Å². The number of hydrogen-bond donors (Lipinski definition) is 2. The average molecular weight is 395 g/mol. The van der Waals surface area contributed by atoms with Gasteiger partial charge in [-0.05, 0) is 35.7 Å². The highest BCUT2D eigenvalue weighted by atomic mass is 35.5. The van der Waals surface area contributed by atoms with Gasteiger partial charge < -0.3 is 15.4 Å². The zero-order valence-corrected chi connectivity index (χ0v) is 16.0. The molecule has 0 spiro atoms. The molecule has 138 valence electrons. The number of hydrogen-bond acceptors (Lipinski definition) is 3. The second kappa shape index (κ2) is 9.46. The summed E-state index contributed by atoms with van der Waals surface area (Å²) in [6, 6.07) is 12.3. The Morgan fingerprint density at radius 1 is 1.08 bits per heavy atom. The summed E-state index contributed by atoms with van der Waals surface area (Å²) in [6.07, 6.45) is 0. The molecule has 0 aromatic heterocycles. The summed E-state index contributed by atoms with van der Waals surface area (Å²) in [5.74, 6) is -0.112. The zero-order chi connectivity index (χ0) is 19.1. The Bertz CT molecular complexity index is 794. The lowest BCUT2D eigenvalue weighted by Gasteiger charge is -2.14. The van der Waals surface area contributed by atoms with Crippen LogP contribution in [-0.4, -0.2) is 25.0 Å². The quantitative estimate of drug-likeness (QED) is 0.737. The van der Waals surface area contributed by atoms with E-state index in [2.05, 4.69) is 10.6 Å². The van der Waals surface area contributed by atoms with E-state index in [0.29, 0.717) is 15.8 Å². The van der Waals surface area contributed by atoms with E-state index in [1.807, 2.05) is 38.1 Å². The number of carbonyl (C=O) groups excluding carboxylic acids is 2. The molecule has 7 heteroatoms. The van der Waals surface area contributed by atoms with Crippen molar-refractivity contribution in [1.82, 2.24) is 5.32 Å². The highest BCUT2D eigenvalue weighted by molar-refractivity contribution is 6.35. The molecule has 0 unspecified atom stereocenters. The smallest absolute Gasteiger partial charge is 0.258 e. The molecule has 0 aliphatic heterocycles. The number of halogens is 2. The van der Waals surface area contributed by atoms with E-state index < -0.39 is 5.91 Å². The first-order valence-corrected chi connectivity index (χ1v) is 8.85. The van der Waals surface area contributed by atoms with Gasteiger partial charge in [0.15, 0.2) is 6.61 Å². The topological polar surface area (TPSA) is 67.4 Å². The number of ether oxygens (including phenoxy) is 1. The predicted octanol–water partition coefficient (Wildman–Crippen LogP) is 4.25. The second-order valence-corrected chi connectivity index (χ2v) is 6.77. The van der Waals surface area contributed by atoms with Crippen molar-refractivity contribution in [1.29, 1.82) is 0 Å². The van der Waals surface area contributed by atoms with Crippen molar-refractivity contribution in [2.24, 2.45) is 0 Å². The molecule has 26 heavy (non-hydrogen) atoms. The van der Waals surface area contributed by atoms with Gasteiger partial charge in [-0.3, -0.25) is 9.59 Å². The van der Waals surface area contributed by atoms with Crippen LogP contribution in [0.25, 0.3) is 0 Å². The van der Waals surface area contributed by atoms with Gasteiger partial charge in [0.2, 0.25) is 5.91 Å². The van der Waals surface area contributed by atoms with Gasteiger partial charge in [0.25, 0.3) is 5.91 Å². The molecular weight excluding hydrogens is 375 g/mol. The van der Waals surface area contributed by atoms with Crippen LogP contribution in [-0.2, 0) is 9.59 Å². The maximum Gasteiger partial charge on any atom is 0.258 e. The second-order valence-electron chi connectivity index (χ2n) is 5.93. The van der Waals surface area contributed by atoms with Crippen molar-refractivity contribution in [3.05, 3.63) is 58.1 Å². The minimum atomic E-state index is -0.427. The lowest BCUT2D eigenvalue weighted by atomic mass is 10.0. The lowest BCUT2D eigenvalue weighted by molar-refractivity contribution is -0.125. The molecule has 0 heterocycles. The average Bonchev–Trinajstić information content (AvgIpc) is 2.59. The molecule has 0 aliphatic carbocycles. The van der Waals surface area contributed by atoms with E-state index in [4.69, 9.17) is 27.9 Å². The van der Waals surface area contributed by atoms with Crippen molar-refractivity contribution in [2.45, 2.75) is 19.8 Å². The maximum atomic E-state index is 12.1. The number of nitrogens with one attached hydrogen (secondary N) is 2. The molecule has 0 radical (unpaired) electrons. The summed E-state index contributed by atoms with van der Waals surface area (Å²) in [5.41, 5.74) is 1.78. The molecule has 0 saturated heterocycles. The molecule has 2 aromatic carbocycles. The first-order chi connectivity index (χ1) is 12.4. The largest absolute Gasteiger partial charge is 0.482 e. The van der Waals surface area contributed by atoms with Gasteiger partial charge in [0, 0.05) is 10.7 Å². The van der Waals surface area contributed by atoms with Crippen LogP contribution in [0.3, 0.4) is 0 Å².